The molecule has 1 heterocycles. The van der Waals surface area contributed by atoms with E-state index in [9.17, 15) is 5.11 Å². The van der Waals surface area contributed by atoms with Crippen LogP contribution in [0.4, 0.5) is 0 Å². The third kappa shape index (κ3) is 3.04. The van der Waals surface area contributed by atoms with E-state index < -0.39 is 0 Å². The summed E-state index contributed by atoms with van der Waals surface area (Å²) in [6.07, 6.45) is 0.306. The normalized spacial score (nSPS) is 29.5. The number of benzene rings is 1. The summed E-state index contributed by atoms with van der Waals surface area (Å²) in [5.41, 5.74) is 1.16. The Kier molecular flexibility index (Phi) is 3.93. The van der Waals surface area contributed by atoms with Crippen molar-refractivity contribution in [3.8, 4) is 0 Å². The second kappa shape index (κ2) is 5.43. The Morgan fingerprint density at radius 1 is 1.38 bits per heavy atom. The highest BCUT2D eigenvalue weighted by Gasteiger charge is 2.30. The van der Waals surface area contributed by atoms with Gasteiger partial charge in [0.25, 0.3) is 0 Å². The molecule has 0 aliphatic carbocycles. The van der Waals surface area contributed by atoms with Crippen LogP contribution in [0.2, 0.25) is 0 Å². The summed E-state index contributed by atoms with van der Waals surface area (Å²) in [4.78, 5) is 0. The highest BCUT2D eigenvalue weighted by molar-refractivity contribution is 5.13. The molecule has 1 aromatic carbocycles. The molecule has 0 radical (unpaired) electrons. The summed E-state index contributed by atoms with van der Waals surface area (Å²) >= 11 is 0. The second-order valence-corrected chi connectivity index (χ2v) is 4.27. The van der Waals surface area contributed by atoms with Gasteiger partial charge in [0.05, 0.1) is 31.5 Å². The van der Waals surface area contributed by atoms with Gasteiger partial charge < -0.3 is 14.6 Å². The topological polar surface area (TPSA) is 38.7 Å². The summed E-state index contributed by atoms with van der Waals surface area (Å²) in [6, 6.07) is 10.1. The van der Waals surface area contributed by atoms with E-state index in [1.807, 2.05) is 37.3 Å². The van der Waals surface area contributed by atoms with Crippen LogP contribution in [0.15, 0.2) is 30.3 Å². The van der Waals surface area contributed by atoms with Gasteiger partial charge in [-0.3, -0.25) is 0 Å². The molecular formula is C13H18O3. The second-order valence-electron chi connectivity index (χ2n) is 4.27. The van der Waals surface area contributed by atoms with Crippen molar-refractivity contribution in [1.29, 1.82) is 0 Å². The smallest absolute Gasteiger partial charge is 0.0839 e. The Labute approximate surface area is 96.0 Å². The summed E-state index contributed by atoms with van der Waals surface area (Å²) in [7, 11) is 0. The monoisotopic (exact) mass is 222 g/mol. The van der Waals surface area contributed by atoms with E-state index in [1.165, 1.54) is 0 Å². The molecule has 0 spiro atoms. The van der Waals surface area contributed by atoms with Gasteiger partial charge in [0.15, 0.2) is 0 Å². The molecule has 1 aliphatic rings. The fourth-order valence-corrected chi connectivity index (χ4v) is 1.90. The molecule has 3 atom stereocenters. The van der Waals surface area contributed by atoms with Gasteiger partial charge in [-0.05, 0) is 12.5 Å². The molecule has 88 valence electrons. The van der Waals surface area contributed by atoms with Crippen LogP contribution in [0.25, 0.3) is 0 Å². The van der Waals surface area contributed by atoms with Gasteiger partial charge in [-0.2, -0.15) is 0 Å². The molecule has 16 heavy (non-hydrogen) atoms. The van der Waals surface area contributed by atoms with E-state index in [0.717, 1.165) is 5.56 Å². The van der Waals surface area contributed by atoms with Crippen LogP contribution in [-0.4, -0.2) is 30.0 Å². The first-order valence-electron chi connectivity index (χ1n) is 5.71. The minimum Gasteiger partial charge on any atom is -0.390 e. The van der Waals surface area contributed by atoms with Crippen molar-refractivity contribution in [2.75, 3.05) is 6.61 Å². The Morgan fingerprint density at radius 2 is 2.12 bits per heavy atom. The molecule has 1 saturated heterocycles. The van der Waals surface area contributed by atoms with E-state index in [-0.39, 0.29) is 18.3 Å². The number of ether oxygens (including phenoxy) is 2. The van der Waals surface area contributed by atoms with Crippen molar-refractivity contribution in [2.45, 2.75) is 38.3 Å². The first-order chi connectivity index (χ1) is 7.75. The molecule has 1 aromatic rings. The maximum atomic E-state index is 9.50. The molecule has 0 saturated carbocycles. The van der Waals surface area contributed by atoms with Gasteiger partial charge in [-0.15, -0.1) is 0 Å². The molecule has 1 unspecified atom stereocenters. The Bertz CT molecular complexity index is 302. The minimum atomic E-state index is -0.342. The van der Waals surface area contributed by atoms with E-state index in [1.54, 1.807) is 0 Å². The lowest BCUT2D eigenvalue weighted by molar-refractivity contribution is -0.0238. The number of hydrogen-bond donors (Lipinski definition) is 1. The van der Waals surface area contributed by atoms with Crippen LogP contribution in [0.3, 0.4) is 0 Å². The summed E-state index contributed by atoms with van der Waals surface area (Å²) in [5.74, 6) is 0. The number of aliphatic hydroxyl groups excluding tert-OH is 1. The third-order valence-corrected chi connectivity index (χ3v) is 2.87. The number of hydrogen-bond acceptors (Lipinski definition) is 3. The largest absolute Gasteiger partial charge is 0.390 e. The molecule has 1 aliphatic heterocycles. The van der Waals surface area contributed by atoms with E-state index in [0.29, 0.717) is 19.6 Å². The van der Waals surface area contributed by atoms with Crippen LogP contribution in [0.5, 0.6) is 0 Å². The molecule has 1 fully saturated rings. The zero-order valence-electron chi connectivity index (χ0n) is 9.50. The number of aliphatic hydroxyl groups is 1. The lowest BCUT2D eigenvalue weighted by atomic mass is 10.1. The zero-order chi connectivity index (χ0) is 11.4. The van der Waals surface area contributed by atoms with Gasteiger partial charge in [0, 0.05) is 6.42 Å². The number of rotatable bonds is 4. The van der Waals surface area contributed by atoms with E-state index >= 15 is 0 Å². The van der Waals surface area contributed by atoms with Crippen LogP contribution in [-0.2, 0) is 16.1 Å². The first kappa shape index (κ1) is 11.6. The minimum absolute atomic E-state index is 0.0358. The predicted molar refractivity (Wildman–Crippen MR) is 61.1 cm³/mol. The molecular weight excluding hydrogens is 204 g/mol. The average molecular weight is 222 g/mol. The molecule has 2 rings (SSSR count). The predicted octanol–water partition coefficient (Wildman–Crippen LogP) is 1.74. The Morgan fingerprint density at radius 3 is 2.75 bits per heavy atom. The SMILES string of the molecule is CC1O[C@H](COCc2ccccc2)C[C@H]1O. The van der Waals surface area contributed by atoms with Crippen molar-refractivity contribution in [3.05, 3.63) is 35.9 Å². The van der Waals surface area contributed by atoms with Gasteiger partial charge in [0.2, 0.25) is 0 Å². The van der Waals surface area contributed by atoms with Crippen LogP contribution >= 0.6 is 0 Å². The average Bonchev–Trinajstić information content (AvgIpc) is 2.60. The standard InChI is InChI=1S/C13H18O3/c1-10-13(14)7-12(16-10)9-15-8-11-5-3-2-4-6-11/h2-6,10,12-14H,7-9H2,1H3/t10?,12-,13+/m0/s1. The molecule has 1 N–H and O–H groups in total. The van der Waals surface area contributed by atoms with Crippen molar-refractivity contribution < 1.29 is 14.6 Å². The highest BCUT2D eigenvalue weighted by Crippen LogP contribution is 2.20. The molecule has 3 nitrogen and oxygen atoms in total. The fraction of sp³-hybridized carbons (Fsp3) is 0.538. The molecule has 0 aromatic heterocycles. The van der Waals surface area contributed by atoms with Crippen LogP contribution in [0.1, 0.15) is 18.9 Å². The van der Waals surface area contributed by atoms with Crippen LogP contribution in [0, 0.1) is 0 Å². The van der Waals surface area contributed by atoms with Gasteiger partial charge in [-0.1, -0.05) is 30.3 Å². The molecule has 0 bridgehead atoms. The maximum absolute atomic E-state index is 9.50. The lowest BCUT2D eigenvalue weighted by Crippen LogP contribution is -2.16. The van der Waals surface area contributed by atoms with Gasteiger partial charge in [-0.25, -0.2) is 0 Å². The lowest BCUT2D eigenvalue weighted by Gasteiger charge is -2.11. The quantitative estimate of drug-likeness (QED) is 0.843. The van der Waals surface area contributed by atoms with Gasteiger partial charge >= 0.3 is 0 Å². The maximum Gasteiger partial charge on any atom is 0.0839 e. The summed E-state index contributed by atoms with van der Waals surface area (Å²) in [6.45, 7) is 3.04. The fourth-order valence-electron chi connectivity index (χ4n) is 1.90. The Balaban J connectivity index is 1.69. The molecule has 0 amide bonds. The van der Waals surface area contributed by atoms with E-state index in [4.69, 9.17) is 9.47 Å². The summed E-state index contributed by atoms with van der Waals surface area (Å²) in [5, 5.41) is 9.50. The van der Waals surface area contributed by atoms with E-state index in [2.05, 4.69) is 0 Å². The van der Waals surface area contributed by atoms with Gasteiger partial charge in [0.1, 0.15) is 0 Å². The van der Waals surface area contributed by atoms with Crippen molar-refractivity contribution in [2.24, 2.45) is 0 Å². The Hall–Kier alpha value is -0.900. The van der Waals surface area contributed by atoms with Crippen LogP contribution < -0.4 is 0 Å². The third-order valence-electron chi connectivity index (χ3n) is 2.87. The highest BCUT2D eigenvalue weighted by atomic mass is 16.6. The van der Waals surface area contributed by atoms with Crippen molar-refractivity contribution in [1.82, 2.24) is 0 Å². The molecule has 3 heteroatoms. The van der Waals surface area contributed by atoms with Crippen molar-refractivity contribution in [3.63, 3.8) is 0 Å². The first-order valence-corrected chi connectivity index (χ1v) is 5.71. The summed E-state index contributed by atoms with van der Waals surface area (Å²) < 4.78 is 11.1. The van der Waals surface area contributed by atoms with Crippen molar-refractivity contribution >= 4 is 0 Å². The zero-order valence-corrected chi connectivity index (χ0v) is 9.50.